The molecule has 3 aromatic carbocycles. The van der Waals surface area contributed by atoms with Gasteiger partial charge in [0.15, 0.2) is 13.2 Å². The summed E-state index contributed by atoms with van der Waals surface area (Å²) in [7, 11) is 0. The van der Waals surface area contributed by atoms with E-state index in [-0.39, 0.29) is 13.2 Å². The van der Waals surface area contributed by atoms with Gasteiger partial charge in [0.25, 0.3) is 5.91 Å². The molecule has 3 aromatic rings. The van der Waals surface area contributed by atoms with Crippen molar-refractivity contribution < 1.29 is 19.1 Å². The first kappa shape index (κ1) is 19.6. The SMILES string of the molecule is O=C(COC(=O)COc1cccc(Br)c1)Nc1ccccc1-c1ccccc1. The predicted octanol–water partition coefficient (Wildman–Crippen LogP) is 4.68. The Labute approximate surface area is 171 Å². The topological polar surface area (TPSA) is 64.6 Å². The number of anilines is 1. The fraction of sp³-hybridized carbons (Fsp3) is 0.0909. The molecule has 0 bridgehead atoms. The van der Waals surface area contributed by atoms with Crippen molar-refractivity contribution in [3.8, 4) is 16.9 Å². The van der Waals surface area contributed by atoms with Gasteiger partial charge in [-0.3, -0.25) is 4.79 Å². The summed E-state index contributed by atoms with van der Waals surface area (Å²) in [4.78, 5) is 24.0. The third-order valence-electron chi connectivity index (χ3n) is 3.80. The van der Waals surface area contributed by atoms with Crippen LogP contribution in [0, 0.1) is 0 Å². The molecule has 0 aliphatic carbocycles. The van der Waals surface area contributed by atoms with Crippen LogP contribution >= 0.6 is 15.9 Å². The third-order valence-corrected chi connectivity index (χ3v) is 4.30. The Morgan fingerprint density at radius 3 is 2.39 bits per heavy atom. The molecule has 0 aliphatic heterocycles. The van der Waals surface area contributed by atoms with Crippen LogP contribution in [-0.4, -0.2) is 25.1 Å². The van der Waals surface area contributed by atoms with Gasteiger partial charge in [-0.1, -0.05) is 70.5 Å². The molecule has 0 aromatic heterocycles. The van der Waals surface area contributed by atoms with Crippen molar-refractivity contribution in [3.63, 3.8) is 0 Å². The van der Waals surface area contributed by atoms with E-state index in [2.05, 4.69) is 21.2 Å². The van der Waals surface area contributed by atoms with Crippen LogP contribution in [0.25, 0.3) is 11.1 Å². The number of esters is 1. The maximum Gasteiger partial charge on any atom is 0.344 e. The lowest BCUT2D eigenvalue weighted by atomic mass is 10.0. The smallest absolute Gasteiger partial charge is 0.344 e. The molecular weight excluding hydrogens is 422 g/mol. The summed E-state index contributed by atoms with van der Waals surface area (Å²) in [6.07, 6.45) is 0. The van der Waals surface area contributed by atoms with Crippen molar-refractivity contribution in [2.24, 2.45) is 0 Å². The van der Waals surface area contributed by atoms with E-state index in [0.717, 1.165) is 15.6 Å². The van der Waals surface area contributed by atoms with E-state index in [9.17, 15) is 9.59 Å². The zero-order valence-electron chi connectivity index (χ0n) is 14.9. The first-order chi connectivity index (χ1) is 13.6. The number of nitrogens with one attached hydrogen (secondary N) is 1. The summed E-state index contributed by atoms with van der Waals surface area (Å²) in [5.41, 5.74) is 2.53. The zero-order valence-corrected chi connectivity index (χ0v) is 16.5. The predicted molar refractivity (Wildman–Crippen MR) is 111 cm³/mol. The molecule has 28 heavy (non-hydrogen) atoms. The second-order valence-electron chi connectivity index (χ2n) is 5.87. The van der Waals surface area contributed by atoms with Crippen LogP contribution in [0.1, 0.15) is 0 Å². The van der Waals surface area contributed by atoms with Crippen LogP contribution < -0.4 is 10.1 Å². The third kappa shape index (κ3) is 5.69. The molecule has 0 unspecified atom stereocenters. The first-order valence-electron chi connectivity index (χ1n) is 8.60. The average Bonchev–Trinajstić information content (AvgIpc) is 2.72. The summed E-state index contributed by atoms with van der Waals surface area (Å²) >= 11 is 3.32. The number of hydrogen-bond donors (Lipinski definition) is 1. The lowest BCUT2D eigenvalue weighted by molar-refractivity contribution is -0.149. The van der Waals surface area contributed by atoms with Gasteiger partial charge in [-0.2, -0.15) is 0 Å². The van der Waals surface area contributed by atoms with Gasteiger partial charge in [0.05, 0.1) is 0 Å². The summed E-state index contributed by atoms with van der Waals surface area (Å²) < 4.78 is 11.2. The molecule has 0 radical (unpaired) electrons. The molecule has 0 fully saturated rings. The molecule has 6 heteroatoms. The minimum Gasteiger partial charge on any atom is -0.482 e. The number of para-hydroxylation sites is 1. The van der Waals surface area contributed by atoms with Gasteiger partial charge in [0.1, 0.15) is 5.75 Å². The molecule has 1 N–H and O–H groups in total. The number of amides is 1. The highest BCUT2D eigenvalue weighted by Crippen LogP contribution is 2.27. The minimum atomic E-state index is -0.619. The summed E-state index contributed by atoms with van der Waals surface area (Å²) in [6.45, 7) is -0.659. The van der Waals surface area contributed by atoms with Crippen LogP contribution in [0.5, 0.6) is 5.75 Å². The number of hydrogen-bond acceptors (Lipinski definition) is 4. The highest BCUT2D eigenvalue weighted by Gasteiger charge is 2.11. The van der Waals surface area contributed by atoms with Crippen LogP contribution in [0.2, 0.25) is 0 Å². The van der Waals surface area contributed by atoms with Gasteiger partial charge in [0.2, 0.25) is 0 Å². The lowest BCUT2D eigenvalue weighted by Gasteiger charge is -2.12. The molecule has 142 valence electrons. The second kappa shape index (κ2) is 9.71. The van der Waals surface area contributed by atoms with Crippen LogP contribution in [-0.2, 0) is 14.3 Å². The van der Waals surface area contributed by atoms with Gasteiger partial charge in [-0.15, -0.1) is 0 Å². The van der Waals surface area contributed by atoms with Crippen LogP contribution in [0.3, 0.4) is 0 Å². The summed E-state index contributed by atoms with van der Waals surface area (Å²) in [6, 6.07) is 24.3. The largest absolute Gasteiger partial charge is 0.482 e. The normalized spacial score (nSPS) is 10.2. The van der Waals surface area contributed by atoms with Crippen LogP contribution in [0.15, 0.2) is 83.3 Å². The number of carbonyl (C=O) groups excluding carboxylic acids is 2. The van der Waals surface area contributed by atoms with Gasteiger partial charge in [-0.25, -0.2) is 4.79 Å². The van der Waals surface area contributed by atoms with Crippen molar-refractivity contribution >= 4 is 33.5 Å². The Bertz CT molecular complexity index is 960. The number of carbonyl (C=O) groups is 2. The van der Waals surface area contributed by atoms with E-state index in [4.69, 9.17) is 9.47 Å². The summed E-state index contributed by atoms with van der Waals surface area (Å²) in [5, 5.41) is 2.78. The van der Waals surface area contributed by atoms with E-state index >= 15 is 0 Å². The van der Waals surface area contributed by atoms with Gasteiger partial charge < -0.3 is 14.8 Å². The number of benzene rings is 3. The quantitative estimate of drug-likeness (QED) is 0.542. The van der Waals surface area contributed by atoms with E-state index in [1.165, 1.54) is 0 Å². The van der Waals surface area contributed by atoms with E-state index in [0.29, 0.717) is 11.4 Å². The van der Waals surface area contributed by atoms with Gasteiger partial charge in [0, 0.05) is 15.7 Å². The van der Waals surface area contributed by atoms with Crippen molar-refractivity contribution in [2.45, 2.75) is 0 Å². The second-order valence-corrected chi connectivity index (χ2v) is 6.78. The molecule has 0 heterocycles. The highest BCUT2D eigenvalue weighted by molar-refractivity contribution is 9.10. The summed E-state index contributed by atoms with van der Waals surface area (Å²) in [5.74, 6) is -0.502. The fourth-order valence-electron chi connectivity index (χ4n) is 2.53. The molecule has 0 saturated carbocycles. The van der Waals surface area contributed by atoms with Crippen molar-refractivity contribution in [3.05, 3.63) is 83.3 Å². The number of rotatable bonds is 7. The number of ether oxygens (including phenoxy) is 2. The first-order valence-corrected chi connectivity index (χ1v) is 9.39. The Kier molecular flexibility index (Phi) is 6.81. The Morgan fingerprint density at radius 1 is 0.857 bits per heavy atom. The highest BCUT2D eigenvalue weighted by atomic mass is 79.9. The van der Waals surface area contributed by atoms with E-state index < -0.39 is 11.9 Å². The van der Waals surface area contributed by atoms with Crippen molar-refractivity contribution in [1.82, 2.24) is 0 Å². The molecule has 3 rings (SSSR count). The average molecular weight is 440 g/mol. The monoisotopic (exact) mass is 439 g/mol. The molecule has 1 amide bonds. The van der Waals surface area contributed by atoms with Crippen molar-refractivity contribution in [1.29, 1.82) is 0 Å². The molecular formula is C22H18BrNO4. The van der Waals surface area contributed by atoms with Gasteiger partial charge in [-0.05, 0) is 29.8 Å². The van der Waals surface area contributed by atoms with E-state index in [1.807, 2.05) is 54.6 Å². The standard InChI is InChI=1S/C22H18BrNO4/c23-17-9-6-10-18(13-17)27-15-22(26)28-14-21(25)24-20-12-5-4-11-19(20)16-7-2-1-3-8-16/h1-13H,14-15H2,(H,24,25). The lowest BCUT2D eigenvalue weighted by Crippen LogP contribution is -2.23. The maximum atomic E-state index is 12.2. The Balaban J connectivity index is 1.52. The van der Waals surface area contributed by atoms with Crippen LogP contribution in [0.4, 0.5) is 5.69 Å². The molecule has 0 saturated heterocycles. The zero-order chi connectivity index (χ0) is 19.8. The van der Waals surface area contributed by atoms with Gasteiger partial charge >= 0.3 is 5.97 Å². The minimum absolute atomic E-state index is 0.273. The van der Waals surface area contributed by atoms with E-state index in [1.54, 1.807) is 24.3 Å². The molecule has 0 aliphatic rings. The molecule has 5 nitrogen and oxygen atoms in total. The molecule has 0 atom stereocenters. The maximum absolute atomic E-state index is 12.2. The Hall–Kier alpha value is -3.12. The Morgan fingerprint density at radius 2 is 1.61 bits per heavy atom. The van der Waals surface area contributed by atoms with Crippen molar-refractivity contribution in [2.75, 3.05) is 18.5 Å². The fourth-order valence-corrected chi connectivity index (χ4v) is 2.91. The number of halogens is 1. The molecule has 0 spiro atoms.